The average molecular weight is 1900 g/mol. The summed E-state index contributed by atoms with van der Waals surface area (Å²) >= 11 is 2.77. The van der Waals surface area contributed by atoms with Gasteiger partial charge in [-0.1, -0.05) is 76.8 Å². The molecule has 0 bridgehead atoms. The highest BCUT2D eigenvalue weighted by Crippen LogP contribution is 2.62. The van der Waals surface area contributed by atoms with Crippen molar-refractivity contribution in [1.82, 2.24) is 58.6 Å². The molecule has 6 aromatic heterocycles. The Morgan fingerprint density at radius 3 is 0.913 bits per heavy atom. The molecule has 12 heterocycles. The molecule has 0 amide bonds. The lowest BCUT2D eigenvalue weighted by atomic mass is 9.96. The Bertz CT molecular complexity index is 4600. The highest BCUT2D eigenvalue weighted by molar-refractivity contribution is 8.14. The molecule has 6 fully saturated rings. The molecule has 15 N–H and O–H groups in total. The van der Waals surface area contributed by atoms with Crippen LogP contribution in [0.1, 0.15) is 123 Å². The van der Waals surface area contributed by atoms with Crippen LogP contribution in [-0.4, -0.2) is 277 Å². The van der Waals surface area contributed by atoms with Gasteiger partial charge in [-0.2, -0.15) is 29.9 Å². The number of fused-ring (bicyclic) bond motifs is 6. The van der Waals surface area contributed by atoms with E-state index < -0.39 is 148 Å². The minimum atomic E-state index is -4.12. The zero-order valence-corrected chi connectivity index (χ0v) is 77.8. The van der Waals surface area contributed by atoms with E-state index in [4.69, 9.17) is 118 Å². The number of anilines is 3. The van der Waals surface area contributed by atoms with Crippen molar-refractivity contribution in [3.05, 3.63) is 19.0 Å². The topological polar surface area (TPSA) is 667 Å². The molecule has 0 aromatic carbocycles. The number of imidazole rings is 3. The summed E-state index contributed by atoms with van der Waals surface area (Å²) in [7, 11) is -8.12. The lowest BCUT2D eigenvalue weighted by Gasteiger charge is -2.35. The zero-order valence-electron chi connectivity index (χ0n) is 72.6. The van der Waals surface area contributed by atoms with E-state index in [1.807, 2.05) is 0 Å². The second-order valence-corrected chi connectivity index (χ2v) is 41.6. The number of rotatable bonds is 33. The summed E-state index contributed by atoms with van der Waals surface area (Å²) in [5.41, 5.74) is 28.3. The van der Waals surface area contributed by atoms with Gasteiger partial charge in [-0.05, 0) is 80.1 Å². The zero-order chi connectivity index (χ0) is 93.1. The van der Waals surface area contributed by atoms with E-state index in [0.717, 1.165) is 35.3 Å². The van der Waals surface area contributed by atoms with Crippen LogP contribution in [0.15, 0.2) is 19.0 Å². The third-order valence-electron chi connectivity index (χ3n) is 20.7. The smallest absolute Gasteiger partial charge is 0.475 e. The van der Waals surface area contributed by atoms with Gasteiger partial charge in [-0.15, -0.1) is 0 Å². The summed E-state index contributed by atoms with van der Waals surface area (Å²) in [5.74, 6) is -1.40. The molecular formula is C72H111N18O30P3S3. The normalized spacial score (nSPS) is 28.5. The molecule has 6 saturated heterocycles. The van der Waals surface area contributed by atoms with Gasteiger partial charge in [0.25, 0.3) is 0 Å². The molecule has 6 aliphatic rings. The number of aromatic nitrogens is 12. The lowest BCUT2D eigenvalue weighted by Crippen LogP contribution is -2.47. The molecule has 0 saturated carbocycles. The molecule has 126 heavy (non-hydrogen) atoms. The van der Waals surface area contributed by atoms with Crippen LogP contribution in [0.25, 0.3) is 33.5 Å². The van der Waals surface area contributed by atoms with Crippen molar-refractivity contribution in [2.75, 3.05) is 115 Å². The standard InChI is InChI=1S/3C24H37N6O10PS/c3*1-12(2)14(25)19(31)36-10-23(3,4)21(32)42-8-7-37-41(34)38-9-13-16(40-41)24(5,33)20(39-13)30-11-27-15-17(30)28-22(26)29-18(15)35-6/h3*11-14,16,20,33H,7-10,25H2,1-6H3,(H2,26,28,29)/t13-,14+,16-,20-,24-,41?;13-,14+,16-,20-,24-,41+;13-,14+,16-,20-,24-,41-/m111/s1. The van der Waals surface area contributed by atoms with Gasteiger partial charge >= 0.3 is 41.4 Å². The predicted molar refractivity (Wildman–Crippen MR) is 451 cm³/mol. The van der Waals surface area contributed by atoms with Crippen LogP contribution >= 0.6 is 58.8 Å². The highest BCUT2D eigenvalue weighted by atomic mass is 32.2. The van der Waals surface area contributed by atoms with E-state index in [-0.39, 0.29) is 162 Å². The first-order valence-electron chi connectivity index (χ1n) is 39.5. The van der Waals surface area contributed by atoms with E-state index in [9.17, 15) is 57.8 Å². The Morgan fingerprint density at radius 2 is 0.690 bits per heavy atom. The number of hydrogen-bond acceptors (Lipinski definition) is 48. The minimum absolute atomic E-state index is 0.0651. The fourth-order valence-electron chi connectivity index (χ4n) is 13.0. The second kappa shape index (κ2) is 40.3. The van der Waals surface area contributed by atoms with Crippen molar-refractivity contribution in [3.63, 3.8) is 0 Å². The van der Waals surface area contributed by atoms with Crippen LogP contribution in [0.2, 0.25) is 0 Å². The Kier molecular flexibility index (Phi) is 32.3. The summed E-state index contributed by atoms with van der Waals surface area (Å²) in [6, 6.07) is -2.33. The molecule has 48 nitrogen and oxygen atoms in total. The maximum absolute atomic E-state index is 13.3. The Labute approximate surface area is 736 Å². The number of phosphoric acid groups is 3. The van der Waals surface area contributed by atoms with Crippen molar-refractivity contribution in [2.45, 2.75) is 194 Å². The molecule has 0 radical (unpaired) electrons. The number of nitrogens with two attached hydrogens (primary N) is 6. The number of aliphatic hydroxyl groups is 3. The second-order valence-electron chi connectivity index (χ2n) is 33.5. The lowest BCUT2D eigenvalue weighted by molar-refractivity contribution is -0.151. The van der Waals surface area contributed by atoms with Crippen LogP contribution in [0, 0.1) is 34.0 Å². The number of esters is 3. The maximum atomic E-state index is 13.3. The summed E-state index contributed by atoms with van der Waals surface area (Å²) in [5, 5.41) is 33.6. The molecule has 18 atom stereocenters. The molecule has 0 spiro atoms. The van der Waals surface area contributed by atoms with E-state index in [1.165, 1.54) is 74.8 Å². The van der Waals surface area contributed by atoms with Crippen LogP contribution in [0.3, 0.4) is 0 Å². The van der Waals surface area contributed by atoms with Crippen LogP contribution in [0.4, 0.5) is 17.8 Å². The third-order valence-corrected chi connectivity index (χ3v) is 28.6. The van der Waals surface area contributed by atoms with Gasteiger partial charge in [0.15, 0.2) is 67.5 Å². The van der Waals surface area contributed by atoms with Crippen LogP contribution < -0.4 is 48.6 Å². The average Bonchev–Trinajstić information content (AvgIpc) is 1.58. The first-order chi connectivity index (χ1) is 58.8. The largest absolute Gasteiger partial charge is 0.479 e. The Balaban J connectivity index is 0.000000197. The Morgan fingerprint density at radius 1 is 0.452 bits per heavy atom. The van der Waals surface area contributed by atoms with E-state index >= 15 is 0 Å². The number of hydrogen-bond donors (Lipinski definition) is 9. The van der Waals surface area contributed by atoms with Gasteiger partial charge in [0.05, 0.1) is 96.2 Å². The number of carbonyl (C=O) groups is 6. The fraction of sp³-hybridized carbons (Fsp3) is 0.708. The van der Waals surface area contributed by atoms with E-state index in [1.54, 1.807) is 83.1 Å². The third kappa shape index (κ3) is 22.7. The maximum Gasteiger partial charge on any atom is 0.475 e. The van der Waals surface area contributed by atoms with Gasteiger partial charge in [0, 0.05) is 17.3 Å². The van der Waals surface area contributed by atoms with Crippen LogP contribution in [0.5, 0.6) is 17.6 Å². The quantitative estimate of drug-likeness (QED) is 0.0120. The van der Waals surface area contributed by atoms with Crippen molar-refractivity contribution in [1.29, 1.82) is 0 Å². The number of nitrogen functional groups attached to an aromatic ring is 3. The molecule has 702 valence electrons. The van der Waals surface area contributed by atoms with Crippen molar-refractivity contribution in [3.8, 4) is 17.6 Å². The first-order valence-corrected chi connectivity index (χ1v) is 46.9. The molecular weight excluding hydrogens is 1790 g/mol. The SMILES string of the molecule is COc1nc(N)nc2c1ncn2[C@@H]1O[C@@H]2COP(=O)(OCCSC(=O)C(C)(C)COC(=O)[C@@H](N)C(C)C)O[C@H]2[C@@]1(C)O.COc1nc(N)nc2c1ncn2[C@@H]1O[C@@H]2CO[P@@](=O)(OCCSC(=O)C(C)(C)COC(=O)[C@@H](N)C(C)C)O[C@H]2[C@@]1(C)O.COc1nc(N)nc2c1ncn2[C@@H]1O[C@@H]2CO[P@](=O)(OCCSC(=O)C(C)(C)COC(=O)[C@@H](N)C(C)C)O[C@H]2[C@@]1(C)O. The molecule has 1 unspecified atom stereocenters. The Hall–Kier alpha value is -7.11. The van der Waals surface area contributed by atoms with Crippen LogP contribution in [-0.2, 0) is 112 Å². The van der Waals surface area contributed by atoms with E-state index in [0.29, 0.717) is 16.6 Å². The van der Waals surface area contributed by atoms with Gasteiger partial charge in [-0.25, -0.2) is 28.6 Å². The van der Waals surface area contributed by atoms with Gasteiger partial charge in [0.2, 0.25) is 35.5 Å². The summed E-state index contributed by atoms with van der Waals surface area (Å²) in [6.07, 6.45) is -4.68. The molecule has 6 aliphatic heterocycles. The summed E-state index contributed by atoms with van der Waals surface area (Å²) in [6.45, 7) is 23.6. The number of ether oxygens (including phenoxy) is 9. The monoisotopic (exact) mass is 1900 g/mol. The number of thioether (sulfide) groups is 3. The predicted octanol–water partition coefficient (Wildman–Crippen LogP) is 4.25. The van der Waals surface area contributed by atoms with Crippen molar-refractivity contribution >= 4 is 143 Å². The molecule has 12 rings (SSSR count). The van der Waals surface area contributed by atoms with Gasteiger partial charge in [-0.3, -0.25) is 83.2 Å². The van der Waals surface area contributed by atoms with Gasteiger partial charge < -0.3 is 92.4 Å². The number of phosphoric ester groups is 3. The number of carbonyl (C=O) groups excluding carboxylic acids is 6. The van der Waals surface area contributed by atoms with Crippen molar-refractivity contribution in [2.24, 2.45) is 51.2 Å². The summed E-state index contributed by atoms with van der Waals surface area (Å²) < 4.78 is 143. The van der Waals surface area contributed by atoms with Gasteiger partial charge in [0.1, 0.15) is 91.4 Å². The molecule has 0 aliphatic carbocycles. The number of nitrogens with zero attached hydrogens (tertiary/aromatic N) is 12. The van der Waals surface area contributed by atoms with Crippen molar-refractivity contribution < 1.29 is 141 Å². The fourth-order valence-corrected chi connectivity index (χ4v) is 20.1. The number of methoxy groups -OCH3 is 3. The first kappa shape index (κ1) is 101. The molecule has 6 aromatic rings. The van der Waals surface area contributed by atoms with E-state index in [2.05, 4.69) is 44.9 Å². The highest BCUT2D eigenvalue weighted by Gasteiger charge is 2.64. The summed E-state index contributed by atoms with van der Waals surface area (Å²) in [4.78, 5) is 112. The minimum Gasteiger partial charge on any atom is -0.479 e. The molecule has 54 heteroatoms.